The minimum Gasteiger partial charge on any atom is -0.493 e. The number of hydrogen-bond acceptors (Lipinski definition) is 7. The average molecular weight is 484 g/mol. The summed E-state index contributed by atoms with van der Waals surface area (Å²) in [6.45, 7) is 2.29. The molecule has 1 heterocycles. The van der Waals surface area contributed by atoms with Crippen molar-refractivity contribution in [2.45, 2.75) is 11.8 Å². The van der Waals surface area contributed by atoms with Crippen LogP contribution in [-0.4, -0.2) is 68.3 Å². The molecule has 0 saturated carbocycles. The molecule has 0 radical (unpaired) electrons. The number of ether oxygens (including phenoxy) is 2. The lowest BCUT2D eigenvalue weighted by molar-refractivity contribution is -0.385. The third-order valence-corrected chi connectivity index (χ3v) is 7.15. The van der Waals surface area contributed by atoms with Crippen molar-refractivity contribution in [1.82, 2.24) is 9.21 Å². The molecule has 0 bridgehead atoms. The molecule has 0 atom stereocenters. The van der Waals surface area contributed by atoms with Crippen LogP contribution in [0.5, 0.6) is 11.5 Å². The van der Waals surface area contributed by atoms with Crippen molar-refractivity contribution in [2.75, 3.05) is 39.9 Å². The van der Waals surface area contributed by atoms with Gasteiger partial charge in [-0.1, -0.05) is 11.6 Å². The lowest BCUT2D eigenvalue weighted by Gasteiger charge is -2.34. The Balaban J connectivity index is 1.81. The van der Waals surface area contributed by atoms with Gasteiger partial charge in [0.1, 0.15) is 5.56 Å². The van der Waals surface area contributed by atoms with E-state index >= 15 is 0 Å². The van der Waals surface area contributed by atoms with Crippen LogP contribution in [0.3, 0.4) is 0 Å². The van der Waals surface area contributed by atoms with Gasteiger partial charge in [0.15, 0.2) is 11.5 Å². The molecule has 2 aromatic rings. The Labute approximate surface area is 190 Å². The van der Waals surface area contributed by atoms with E-state index in [0.717, 1.165) is 6.07 Å². The second-order valence-corrected chi connectivity index (χ2v) is 9.23. The summed E-state index contributed by atoms with van der Waals surface area (Å²) in [7, 11) is -2.39. The Hall–Kier alpha value is -2.89. The molecule has 0 aromatic heterocycles. The minimum atomic E-state index is -3.75. The number of nitrogens with zero attached hydrogens (tertiary/aromatic N) is 3. The molecule has 10 nitrogen and oxygen atoms in total. The molecule has 172 valence electrons. The number of nitro groups is 1. The van der Waals surface area contributed by atoms with Gasteiger partial charge in [-0.3, -0.25) is 14.9 Å². The largest absolute Gasteiger partial charge is 0.493 e. The summed E-state index contributed by atoms with van der Waals surface area (Å²) in [6.07, 6.45) is 0. The minimum absolute atomic E-state index is 0.0545. The molecule has 32 heavy (non-hydrogen) atoms. The standard InChI is InChI=1S/C20H22ClN3O7S/c1-3-31-19-12-16(17(24(26)27)13-18(19)30-2)20(25)22-8-10-23(11-9-22)32(28,29)15-6-4-14(21)5-7-15/h4-7,12-13H,3,8-11H2,1-2H3. The van der Waals surface area contributed by atoms with Crippen LogP contribution in [0, 0.1) is 10.1 Å². The van der Waals surface area contributed by atoms with E-state index in [0.29, 0.717) is 5.02 Å². The first-order valence-electron chi connectivity index (χ1n) is 9.73. The van der Waals surface area contributed by atoms with E-state index in [1.54, 1.807) is 6.92 Å². The van der Waals surface area contributed by atoms with Crippen molar-refractivity contribution in [2.24, 2.45) is 0 Å². The van der Waals surface area contributed by atoms with Gasteiger partial charge >= 0.3 is 0 Å². The van der Waals surface area contributed by atoms with Crippen LogP contribution >= 0.6 is 11.6 Å². The average Bonchev–Trinajstić information content (AvgIpc) is 2.78. The molecular formula is C20H22ClN3O7S. The van der Waals surface area contributed by atoms with Crippen molar-refractivity contribution in [1.29, 1.82) is 0 Å². The van der Waals surface area contributed by atoms with Gasteiger partial charge in [-0.2, -0.15) is 4.31 Å². The zero-order valence-corrected chi connectivity index (χ0v) is 19.1. The van der Waals surface area contributed by atoms with E-state index in [-0.39, 0.29) is 54.7 Å². The Morgan fingerprint density at radius 2 is 1.75 bits per heavy atom. The Kier molecular flexibility index (Phi) is 7.22. The van der Waals surface area contributed by atoms with Crippen molar-refractivity contribution in [3.63, 3.8) is 0 Å². The molecule has 2 aromatic carbocycles. The number of rotatable bonds is 7. The quantitative estimate of drug-likeness (QED) is 0.438. The molecule has 1 aliphatic rings. The summed E-state index contributed by atoms with van der Waals surface area (Å²) in [5.74, 6) is -0.217. The van der Waals surface area contributed by atoms with Crippen molar-refractivity contribution in [3.05, 3.63) is 57.1 Å². The van der Waals surface area contributed by atoms with Crippen molar-refractivity contribution >= 4 is 33.2 Å². The molecule has 3 rings (SSSR count). The summed E-state index contributed by atoms with van der Waals surface area (Å²) < 4.78 is 37.5. The Bertz CT molecular complexity index is 1110. The van der Waals surface area contributed by atoms with Crippen LogP contribution in [0.4, 0.5) is 5.69 Å². The van der Waals surface area contributed by atoms with Gasteiger partial charge in [-0.05, 0) is 31.2 Å². The Morgan fingerprint density at radius 3 is 2.28 bits per heavy atom. The number of carbonyl (C=O) groups is 1. The molecule has 12 heteroatoms. The van der Waals surface area contributed by atoms with Gasteiger partial charge < -0.3 is 14.4 Å². The van der Waals surface area contributed by atoms with Gasteiger partial charge in [-0.25, -0.2) is 8.42 Å². The maximum Gasteiger partial charge on any atom is 0.286 e. The lowest BCUT2D eigenvalue weighted by Crippen LogP contribution is -2.50. The highest BCUT2D eigenvalue weighted by Crippen LogP contribution is 2.35. The monoisotopic (exact) mass is 483 g/mol. The molecule has 0 N–H and O–H groups in total. The smallest absolute Gasteiger partial charge is 0.286 e. The number of methoxy groups -OCH3 is 1. The predicted octanol–water partition coefficient (Wildman–Crippen LogP) is 2.80. The van der Waals surface area contributed by atoms with E-state index in [2.05, 4.69) is 0 Å². The molecule has 0 unspecified atom stereocenters. The maximum atomic E-state index is 13.1. The molecule has 1 aliphatic heterocycles. The zero-order valence-electron chi connectivity index (χ0n) is 17.5. The first-order valence-corrected chi connectivity index (χ1v) is 11.5. The number of hydrogen-bond donors (Lipinski definition) is 0. The van der Waals surface area contributed by atoms with Crippen LogP contribution in [0.15, 0.2) is 41.3 Å². The molecule has 1 saturated heterocycles. The van der Waals surface area contributed by atoms with Crippen LogP contribution in [0.25, 0.3) is 0 Å². The molecule has 1 amide bonds. The van der Waals surface area contributed by atoms with E-state index in [1.165, 1.54) is 46.6 Å². The van der Waals surface area contributed by atoms with Crippen LogP contribution in [0.2, 0.25) is 5.02 Å². The first kappa shape index (κ1) is 23.8. The zero-order chi connectivity index (χ0) is 23.5. The number of amides is 1. The summed E-state index contributed by atoms with van der Waals surface area (Å²) in [5, 5.41) is 12.0. The number of nitro benzene ring substituents is 1. The molecular weight excluding hydrogens is 462 g/mol. The fourth-order valence-electron chi connectivity index (χ4n) is 3.36. The van der Waals surface area contributed by atoms with Gasteiger partial charge in [0.2, 0.25) is 10.0 Å². The number of carbonyl (C=O) groups excluding carboxylic acids is 1. The third kappa shape index (κ3) is 4.79. The van der Waals surface area contributed by atoms with E-state index < -0.39 is 26.5 Å². The van der Waals surface area contributed by atoms with Gasteiger partial charge in [0.25, 0.3) is 11.6 Å². The van der Waals surface area contributed by atoms with Crippen LogP contribution < -0.4 is 9.47 Å². The van der Waals surface area contributed by atoms with Crippen molar-refractivity contribution in [3.8, 4) is 11.5 Å². The van der Waals surface area contributed by atoms with E-state index in [4.69, 9.17) is 21.1 Å². The van der Waals surface area contributed by atoms with Crippen LogP contribution in [-0.2, 0) is 10.0 Å². The highest BCUT2D eigenvalue weighted by atomic mass is 35.5. The summed E-state index contributed by atoms with van der Waals surface area (Å²) in [5.41, 5.74) is -0.556. The lowest BCUT2D eigenvalue weighted by atomic mass is 10.1. The number of halogens is 1. The normalized spacial score (nSPS) is 14.8. The fraction of sp³-hybridized carbons (Fsp3) is 0.350. The SMILES string of the molecule is CCOc1cc(C(=O)N2CCN(S(=O)(=O)c3ccc(Cl)cc3)CC2)c([N+](=O)[O-])cc1OC. The summed E-state index contributed by atoms with van der Waals surface area (Å²) >= 11 is 5.83. The number of sulfonamides is 1. The second-order valence-electron chi connectivity index (χ2n) is 6.86. The number of benzene rings is 2. The topological polar surface area (TPSA) is 119 Å². The molecule has 0 aliphatic carbocycles. The molecule has 0 spiro atoms. The van der Waals surface area contributed by atoms with Gasteiger partial charge in [0.05, 0.1) is 29.6 Å². The molecule has 1 fully saturated rings. The van der Waals surface area contributed by atoms with Gasteiger partial charge in [0, 0.05) is 37.3 Å². The van der Waals surface area contributed by atoms with E-state index in [1.807, 2.05) is 0 Å². The van der Waals surface area contributed by atoms with Gasteiger partial charge in [-0.15, -0.1) is 0 Å². The second kappa shape index (κ2) is 9.72. The fourth-order valence-corrected chi connectivity index (χ4v) is 4.91. The van der Waals surface area contributed by atoms with Crippen molar-refractivity contribution < 1.29 is 27.6 Å². The first-order chi connectivity index (χ1) is 15.2. The predicted molar refractivity (Wildman–Crippen MR) is 117 cm³/mol. The Morgan fingerprint density at radius 1 is 1.12 bits per heavy atom. The highest BCUT2D eigenvalue weighted by Gasteiger charge is 2.33. The van der Waals surface area contributed by atoms with Crippen LogP contribution in [0.1, 0.15) is 17.3 Å². The van der Waals surface area contributed by atoms with E-state index in [9.17, 15) is 23.3 Å². The third-order valence-electron chi connectivity index (χ3n) is 4.99. The maximum absolute atomic E-state index is 13.1. The summed E-state index contributed by atoms with van der Waals surface area (Å²) in [4.78, 5) is 25.5. The summed E-state index contributed by atoms with van der Waals surface area (Å²) in [6, 6.07) is 8.27. The number of piperazine rings is 1. The highest BCUT2D eigenvalue weighted by molar-refractivity contribution is 7.89.